The molecule has 0 bridgehead atoms. The predicted molar refractivity (Wildman–Crippen MR) is 105 cm³/mol. The van der Waals surface area contributed by atoms with Crippen molar-refractivity contribution in [1.29, 1.82) is 5.26 Å². The lowest BCUT2D eigenvalue weighted by Crippen LogP contribution is -2.35. The second-order valence-corrected chi connectivity index (χ2v) is 7.16. The minimum absolute atomic E-state index is 0.123. The Bertz CT molecular complexity index is 584. The second-order valence-electron chi connectivity index (χ2n) is 6.35. The van der Waals surface area contributed by atoms with E-state index in [-0.39, 0.29) is 12.1 Å². The van der Waals surface area contributed by atoms with Crippen LogP contribution in [0, 0.1) is 11.3 Å². The van der Waals surface area contributed by atoms with E-state index >= 15 is 0 Å². The van der Waals surface area contributed by atoms with E-state index in [2.05, 4.69) is 53.8 Å². The molecule has 0 aliphatic carbocycles. The molecule has 4 nitrogen and oxygen atoms in total. The highest BCUT2D eigenvalue weighted by atomic mass is 32.2. The normalized spacial score (nSPS) is 12.5. The third kappa shape index (κ3) is 5.86. The van der Waals surface area contributed by atoms with E-state index in [4.69, 9.17) is 5.11 Å². The molecule has 0 aromatic heterocycles. The predicted octanol–water partition coefficient (Wildman–Crippen LogP) is 4.19. The highest BCUT2D eigenvalue weighted by Crippen LogP contribution is 2.28. The van der Waals surface area contributed by atoms with Crippen LogP contribution < -0.4 is 9.62 Å². The summed E-state index contributed by atoms with van der Waals surface area (Å²) < 4.78 is 3.28. The average molecular weight is 348 g/mol. The lowest BCUT2D eigenvalue weighted by Gasteiger charge is -2.24. The molecule has 24 heavy (non-hydrogen) atoms. The summed E-state index contributed by atoms with van der Waals surface area (Å²) >= 11 is 1.34. The zero-order chi connectivity index (χ0) is 18.2. The molecule has 1 aromatic rings. The van der Waals surface area contributed by atoms with Gasteiger partial charge in [-0.25, -0.2) is 0 Å². The highest BCUT2D eigenvalue weighted by Gasteiger charge is 2.18. The molecule has 2 N–H and O–H groups in total. The highest BCUT2D eigenvalue weighted by molar-refractivity contribution is 8.01. The monoisotopic (exact) mass is 347 g/mol. The van der Waals surface area contributed by atoms with E-state index in [0.717, 1.165) is 24.2 Å². The molecular weight excluding hydrogens is 318 g/mol. The van der Waals surface area contributed by atoms with Crippen LogP contribution in [0.4, 0.5) is 5.69 Å². The van der Waals surface area contributed by atoms with Crippen molar-refractivity contribution in [1.82, 2.24) is 4.72 Å². The summed E-state index contributed by atoms with van der Waals surface area (Å²) in [6, 6.07) is 10.6. The van der Waals surface area contributed by atoms with Gasteiger partial charge in [0, 0.05) is 30.9 Å². The Morgan fingerprint density at radius 2 is 1.83 bits per heavy atom. The molecule has 5 heteroatoms. The van der Waals surface area contributed by atoms with Gasteiger partial charge in [0.1, 0.15) is 11.0 Å². The van der Waals surface area contributed by atoms with E-state index in [1.807, 2.05) is 20.8 Å². The molecule has 1 aromatic carbocycles. The first-order valence-corrected chi connectivity index (χ1v) is 9.21. The van der Waals surface area contributed by atoms with Gasteiger partial charge in [0.15, 0.2) is 0 Å². The number of rotatable bonds is 9. The number of aliphatic hydroxyl groups excluding tert-OH is 1. The molecule has 0 atom stereocenters. The Hall–Kier alpha value is -1.48. The van der Waals surface area contributed by atoms with Crippen molar-refractivity contribution in [2.75, 3.05) is 24.6 Å². The third-order valence-corrected chi connectivity index (χ3v) is 5.29. The van der Waals surface area contributed by atoms with Gasteiger partial charge in [-0.3, -0.25) is 4.72 Å². The van der Waals surface area contributed by atoms with Crippen molar-refractivity contribution in [3.63, 3.8) is 0 Å². The Morgan fingerprint density at radius 3 is 2.29 bits per heavy atom. The summed E-state index contributed by atoms with van der Waals surface area (Å²) in [7, 11) is 0. The van der Waals surface area contributed by atoms with Crippen molar-refractivity contribution in [3.05, 3.63) is 34.7 Å². The van der Waals surface area contributed by atoms with E-state index in [1.54, 1.807) is 0 Å². The summed E-state index contributed by atoms with van der Waals surface area (Å²) in [4.78, 5) is 2.94. The number of aliphatic hydroxyl groups is 1. The molecule has 0 aliphatic heterocycles. The van der Waals surface area contributed by atoms with Crippen LogP contribution >= 0.6 is 11.9 Å². The van der Waals surface area contributed by atoms with Crippen molar-refractivity contribution in [3.8, 4) is 6.07 Å². The molecule has 0 saturated carbocycles. The second kappa shape index (κ2) is 9.73. The van der Waals surface area contributed by atoms with Gasteiger partial charge in [-0.05, 0) is 76.3 Å². The first-order chi connectivity index (χ1) is 11.4. The zero-order valence-electron chi connectivity index (χ0n) is 15.4. The summed E-state index contributed by atoms with van der Waals surface area (Å²) in [6.45, 7) is 12.4. The van der Waals surface area contributed by atoms with Crippen LogP contribution in [0.25, 0.3) is 5.57 Å². The van der Waals surface area contributed by atoms with Crippen LogP contribution in [-0.4, -0.2) is 30.3 Å². The van der Waals surface area contributed by atoms with Gasteiger partial charge in [0.25, 0.3) is 0 Å². The molecule has 0 radical (unpaired) electrons. The molecule has 0 fully saturated rings. The number of hydrogen-bond acceptors (Lipinski definition) is 5. The van der Waals surface area contributed by atoms with E-state index in [0.29, 0.717) is 11.3 Å². The summed E-state index contributed by atoms with van der Waals surface area (Å²) in [5.41, 5.74) is 2.98. The maximum Gasteiger partial charge on any atom is 0.108 e. The van der Waals surface area contributed by atoms with Crippen molar-refractivity contribution < 1.29 is 5.11 Å². The first kappa shape index (κ1) is 20.6. The molecular formula is C19H29N3OS. The number of anilines is 1. The van der Waals surface area contributed by atoms with Gasteiger partial charge in [0.05, 0.1) is 0 Å². The van der Waals surface area contributed by atoms with Crippen LogP contribution in [0.2, 0.25) is 0 Å². The summed E-state index contributed by atoms with van der Waals surface area (Å²) in [6.07, 6.45) is 0.635. The number of benzene rings is 1. The standard InChI is InChI=1S/C19H29N3OS/c1-6-22(7-2)17-10-8-16(9-11-17)15(3)18(14-20)24-21-19(4,5)12-13-23/h8-11,21,23H,6-7,12-13H2,1-5H3/b18-15+. The first-order valence-electron chi connectivity index (χ1n) is 8.39. The molecule has 1 rings (SSSR count). The fourth-order valence-corrected chi connectivity index (χ4v) is 3.14. The maximum atomic E-state index is 9.48. The lowest BCUT2D eigenvalue weighted by atomic mass is 10.0. The number of nitriles is 1. The smallest absolute Gasteiger partial charge is 0.108 e. The molecule has 0 unspecified atom stereocenters. The van der Waals surface area contributed by atoms with Crippen molar-refractivity contribution >= 4 is 23.2 Å². The zero-order valence-corrected chi connectivity index (χ0v) is 16.2. The van der Waals surface area contributed by atoms with Crippen LogP contribution in [0.15, 0.2) is 29.2 Å². The summed E-state index contributed by atoms with van der Waals surface area (Å²) in [5, 5.41) is 18.6. The van der Waals surface area contributed by atoms with Crippen LogP contribution in [-0.2, 0) is 0 Å². The minimum Gasteiger partial charge on any atom is -0.396 e. The van der Waals surface area contributed by atoms with Crippen LogP contribution in [0.5, 0.6) is 0 Å². The van der Waals surface area contributed by atoms with Gasteiger partial charge >= 0.3 is 0 Å². The summed E-state index contributed by atoms with van der Waals surface area (Å²) in [5.74, 6) is 0. The molecule has 0 amide bonds. The number of allylic oxidation sites excluding steroid dienone is 2. The number of hydrogen-bond donors (Lipinski definition) is 2. The Kier molecular flexibility index (Phi) is 8.34. The fourth-order valence-electron chi connectivity index (χ4n) is 2.35. The van der Waals surface area contributed by atoms with Gasteiger partial charge in [-0.2, -0.15) is 5.26 Å². The molecule has 0 saturated heterocycles. The molecule has 0 aliphatic rings. The molecule has 0 heterocycles. The van der Waals surface area contributed by atoms with Crippen molar-refractivity contribution in [2.45, 2.75) is 46.6 Å². The topological polar surface area (TPSA) is 59.3 Å². The van der Waals surface area contributed by atoms with Crippen LogP contribution in [0.1, 0.15) is 46.6 Å². The number of nitrogens with zero attached hydrogens (tertiary/aromatic N) is 2. The molecule has 0 spiro atoms. The van der Waals surface area contributed by atoms with Crippen molar-refractivity contribution in [2.24, 2.45) is 0 Å². The van der Waals surface area contributed by atoms with E-state index < -0.39 is 0 Å². The van der Waals surface area contributed by atoms with Crippen LogP contribution in [0.3, 0.4) is 0 Å². The SMILES string of the molecule is CCN(CC)c1ccc(/C(C)=C(\C#N)SNC(C)(C)CCO)cc1. The fraction of sp³-hybridized carbons (Fsp3) is 0.526. The Labute approximate surface area is 150 Å². The third-order valence-electron chi connectivity index (χ3n) is 4.04. The van der Waals surface area contributed by atoms with E-state index in [9.17, 15) is 5.26 Å². The molecule has 132 valence electrons. The van der Waals surface area contributed by atoms with Gasteiger partial charge < -0.3 is 10.0 Å². The average Bonchev–Trinajstić information content (AvgIpc) is 2.57. The van der Waals surface area contributed by atoms with Gasteiger partial charge in [-0.15, -0.1) is 0 Å². The maximum absolute atomic E-state index is 9.48. The minimum atomic E-state index is -0.228. The Morgan fingerprint density at radius 1 is 1.25 bits per heavy atom. The van der Waals surface area contributed by atoms with Gasteiger partial charge in [-0.1, -0.05) is 12.1 Å². The van der Waals surface area contributed by atoms with E-state index in [1.165, 1.54) is 17.6 Å². The lowest BCUT2D eigenvalue weighted by molar-refractivity contribution is 0.248. The number of nitrogens with one attached hydrogen (secondary N) is 1. The Balaban J connectivity index is 2.93. The largest absolute Gasteiger partial charge is 0.396 e. The van der Waals surface area contributed by atoms with Gasteiger partial charge in [0.2, 0.25) is 0 Å². The quantitative estimate of drug-likeness (QED) is 0.518.